The Morgan fingerprint density at radius 1 is 1.46 bits per heavy atom. The zero-order valence-corrected chi connectivity index (χ0v) is 8.20. The Morgan fingerprint density at radius 3 is 2.85 bits per heavy atom. The third-order valence-corrected chi connectivity index (χ3v) is 1.83. The number of nitrogens with two attached hydrogens (primary N) is 1. The quantitative estimate of drug-likeness (QED) is 0.744. The van der Waals surface area contributed by atoms with Crippen LogP contribution in [-0.2, 0) is 6.54 Å². The van der Waals surface area contributed by atoms with Crippen molar-refractivity contribution in [1.82, 2.24) is 9.97 Å². The second kappa shape index (κ2) is 4.77. The average molecular weight is 180 g/mol. The fourth-order valence-corrected chi connectivity index (χ4v) is 1.13. The SMILES string of the molecule is CCCN(C)c1cncc(CN)n1. The Labute approximate surface area is 78.8 Å². The summed E-state index contributed by atoms with van der Waals surface area (Å²) in [5, 5.41) is 0. The molecule has 13 heavy (non-hydrogen) atoms. The first-order valence-corrected chi connectivity index (χ1v) is 4.50. The maximum atomic E-state index is 5.47. The molecule has 0 unspecified atom stereocenters. The minimum absolute atomic E-state index is 0.445. The summed E-state index contributed by atoms with van der Waals surface area (Å²) in [6, 6.07) is 0. The van der Waals surface area contributed by atoms with E-state index in [1.54, 1.807) is 12.4 Å². The van der Waals surface area contributed by atoms with Crippen LogP contribution in [0.25, 0.3) is 0 Å². The number of nitrogens with zero attached hydrogens (tertiary/aromatic N) is 3. The molecule has 0 spiro atoms. The lowest BCUT2D eigenvalue weighted by Gasteiger charge is -2.16. The zero-order chi connectivity index (χ0) is 9.68. The number of aromatic nitrogens is 2. The van der Waals surface area contributed by atoms with Crippen LogP contribution in [0, 0.1) is 0 Å². The summed E-state index contributed by atoms with van der Waals surface area (Å²) < 4.78 is 0. The van der Waals surface area contributed by atoms with E-state index in [2.05, 4.69) is 21.8 Å². The van der Waals surface area contributed by atoms with Crippen molar-refractivity contribution >= 4 is 5.82 Å². The van der Waals surface area contributed by atoms with Gasteiger partial charge in [-0.2, -0.15) is 0 Å². The highest BCUT2D eigenvalue weighted by Crippen LogP contribution is 2.07. The number of anilines is 1. The standard InChI is InChI=1S/C9H16N4/c1-3-4-13(2)9-7-11-6-8(5-10)12-9/h6-7H,3-5,10H2,1-2H3. The minimum Gasteiger partial charge on any atom is -0.358 e. The van der Waals surface area contributed by atoms with E-state index in [1.165, 1.54) is 0 Å². The molecular formula is C9H16N4. The van der Waals surface area contributed by atoms with Crippen LogP contribution in [-0.4, -0.2) is 23.6 Å². The molecule has 1 rings (SSSR count). The lowest BCUT2D eigenvalue weighted by molar-refractivity contribution is 0.822. The third kappa shape index (κ3) is 2.66. The predicted molar refractivity (Wildman–Crippen MR) is 53.5 cm³/mol. The van der Waals surface area contributed by atoms with Gasteiger partial charge in [0, 0.05) is 26.3 Å². The van der Waals surface area contributed by atoms with E-state index in [9.17, 15) is 0 Å². The van der Waals surface area contributed by atoms with Gasteiger partial charge in [0.15, 0.2) is 0 Å². The van der Waals surface area contributed by atoms with Crippen LogP contribution in [0.5, 0.6) is 0 Å². The predicted octanol–water partition coefficient (Wildman–Crippen LogP) is 0.781. The van der Waals surface area contributed by atoms with Crippen LogP contribution >= 0.6 is 0 Å². The van der Waals surface area contributed by atoms with Gasteiger partial charge in [0.25, 0.3) is 0 Å². The van der Waals surface area contributed by atoms with Gasteiger partial charge in [-0.3, -0.25) is 4.98 Å². The Kier molecular flexibility index (Phi) is 3.64. The molecule has 0 saturated heterocycles. The van der Waals surface area contributed by atoms with Gasteiger partial charge in [0.05, 0.1) is 11.9 Å². The Balaban J connectivity index is 2.75. The first-order valence-electron chi connectivity index (χ1n) is 4.50. The highest BCUT2D eigenvalue weighted by atomic mass is 15.2. The van der Waals surface area contributed by atoms with Crippen LogP contribution in [0.15, 0.2) is 12.4 Å². The summed E-state index contributed by atoms with van der Waals surface area (Å²) in [7, 11) is 2.01. The highest BCUT2D eigenvalue weighted by Gasteiger charge is 2.01. The maximum absolute atomic E-state index is 5.47. The first kappa shape index (κ1) is 9.92. The molecule has 4 nitrogen and oxygen atoms in total. The maximum Gasteiger partial charge on any atom is 0.147 e. The van der Waals surface area contributed by atoms with Crippen LogP contribution in [0.3, 0.4) is 0 Å². The summed E-state index contributed by atoms with van der Waals surface area (Å²) in [6.07, 6.45) is 4.56. The fourth-order valence-electron chi connectivity index (χ4n) is 1.13. The summed E-state index contributed by atoms with van der Waals surface area (Å²) in [5.41, 5.74) is 6.31. The van der Waals surface area contributed by atoms with E-state index in [0.717, 1.165) is 24.5 Å². The summed E-state index contributed by atoms with van der Waals surface area (Å²) in [5.74, 6) is 0.893. The van der Waals surface area contributed by atoms with Gasteiger partial charge in [-0.15, -0.1) is 0 Å². The normalized spacial score (nSPS) is 10.1. The van der Waals surface area contributed by atoms with E-state index in [1.807, 2.05) is 7.05 Å². The molecule has 0 radical (unpaired) electrons. The molecule has 0 amide bonds. The fraction of sp³-hybridized carbons (Fsp3) is 0.556. The van der Waals surface area contributed by atoms with E-state index >= 15 is 0 Å². The molecule has 1 aromatic rings. The molecule has 0 aliphatic rings. The molecule has 1 aromatic heterocycles. The Bertz CT molecular complexity index is 262. The van der Waals surface area contributed by atoms with Crippen molar-refractivity contribution in [3.05, 3.63) is 18.1 Å². The topological polar surface area (TPSA) is 55.0 Å². The van der Waals surface area contributed by atoms with Gasteiger partial charge >= 0.3 is 0 Å². The second-order valence-electron chi connectivity index (χ2n) is 2.99. The van der Waals surface area contributed by atoms with Crippen molar-refractivity contribution in [1.29, 1.82) is 0 Å². The molecule has 72 valence electrons. The van der Waals surface area contributed by atoms with Crippen LogP contribution in [0.4, 0.5) is 5.82 Å². The molecule has 0 bridgehead atoms. The summed E-state index contributed by atoms with van der Waals surface area (Å²) in [4.78, 5) is 10.5. The zero-order valence-electron chi connectivity index (χ0n) is 8.20. The van der Waals surface area contributed by atoms with Crippen molar-refractivity contribution in [2.24, 2.45) is 5.73 Å². The van der Waals surface area contributed by atoms with E-state index < -0.39 is 0 Å². The van der Waals surface area contributed by atoms with Crippen LogP contribution in [0.1, 0.15) is 19.0 Å². The van der Waals surface area contributed by atoms with Gasteiger partial charge in [-0.25, -0.2) is 4.98 Å². The molecule has 1 heterocycles. The van der Waals surface area contributed by atoms with E-state index in [4.69, 9.17) is 5.73 Å². The smallest absolute Gasteiger partial charge is 0.147 e. The van der Waals surface area contributed by atoms with Gasteiger partial charge < -0.3 is 10.6 Å². The van der Waals surface area contributed by atoms with Gasteiger partial charge in [0.2, 0.25) is 0 Å². The lowest BCUT2D eigenvalue weighted by Crippen LogP contribution is -2.20. The van der Waals surface area contributed by atoms with Crippen molar-refractivity contribution in [2.45, 2.75) is 19.9 Å². The first-order chi connectivity index (χ1) is 6.27. The molecule has 2 N–H and O–H groups in total. The summed E-state index contributed by atoms with van der Waals surface area (Å²) >= 11 is 0. The molecule has 0 saturated carbocycles. The van der Waals surface area contributed by atoms with Gasteiger partial charge in [-0.05, 0) is 6.42 Å². The number of hydrogen-bond acceptors (Lipinski definition) is 4. The van der Waals surface area contributed by atoms with Crippen LogP contribution < -0.4 is 10.6 Å². The second-order valence-corrected chi connectivity index (χ2v) is 2.99. The number of rotatable bonds is 4. The molecular weight excluding hydrogens is 164 g/mol. The monoisotopic (exact) mass is 180 g/mol. The van der Waals surface area contributed by atoms with Crippen LogP contribution in [0.2, 0.25) is 0 Å². The third-order valence-electron chi connectivity index (χ3n) is 1.83. The van der Waals surface area contributed by atoms with E-state index in [-0.39, 0.29) is 0 Å². The Morgan fingerprint density at radius 2 is 2.23 bits per heavy atom. The molecule has 0 aliphatic heterocycles. The molecule has 0 aromatic carbocycles. The average Bonchev–Trinajstić information content (AvgIpc) is 2.18. The van der Waals surface area contributed by atoms with Crippen molar-refractivity contribution in [2.75, 3.05) is 18.5 Å². The van der Waals surface area contributed by atoms with Crippen molar-refractivity contribution in [3.63, 3.8) is 0 Å². The van der Waals surface area contributed by atoms with Gasteiger partial charge in [0.1, 0.15) is 5.82 Å². The van der Waals surface area contributed by atoms with Crippen molar-refractivity contribution in [3.8, 4) is 0 Å². The number of hydrogen-bond donors (Lipinski definition) is 1. The van der Waals surface area contributed by atoms with Crippen molar-refractivity contribution < 1.29 is 0 Å². The minimum atomic E-state index is 0.445. The Hall–Kier alpha value is -1.16. The molecule has 0 fully saturated rings. The van der Waals surface area contributed by atoms with E-state index in [0.29, 0.717) is 6.54 Å². The molecule has 4 heteroatoms. The summed E-state index contributed by atoms with van der Waals surface area (Å²) in [6.45, 7) is 3.57. The highest BCUT2D eigenvalue weighted by molar-refractivity contribution is 5.34. The molecule has 0 atom stereocenters. The van der Waals surface area contributed by atoms with Gasteiger partial charge in [-0.1, -0.05) is 6.92 Å². The largest absolute Gasteiger partial charge is 0.358 e. The molecule has 0 aliphatic carbocycles. The lowest BCUT2D eigenvalue weighted by atomic mass is 10.4.